The smallest absolute Gasteiger partial charge is 0.547 e. The number of aliphatic carboxylic acids is 1. The number of aliphatic hydroxyl groups excluding tert-OH is 1. The molecule has 1 unspecified atom stereocenters. The Morgan fingerprint density at radius 1 is 1.53 bits per heavy atom. The van der Waals surface area contributed by atoms with Gasteiger partial charge in [-0.3, -0.25) is 0 Å². The fraction of sp³-hybridized carbons (Fsp3) is 0.727. The number of rotatable bonds is 4. The fourth-order valence-electron chi connectivity index (χ4n) is 1.10. The van der Waals surface area contributed by atoms with E-state index in [4.69, 9.17) is 5.11 Å². The average molecular weight is 252 g/mol. The summed E-state index contributed by atoms with van der Waals surface area (Å²) < 4.78 is 0. The Morgan fingerprint density at radius 2 is 2.06 bits per heavy atom. The van der Waals surface area contributed by atoms with E-state index in [9.17, 15) is 9.90 Å². The molecule has 0 aromatic rings. The maximum Gasteiger partial charge on any atom is 1.00 e. The largest absolute Gasteiger partial charge is 1.00 e. The van der Waals surface area contributed by atoms with E-state index < -0.39 is 12.1 Å². The molecule has 0 saturated heterocycles. The van der Waals surface area contributed by atoms with Crippen molar-refractivity contribution in [1.82, 2.24) is 9.80 Å². The second-order valence-electron chi connectivity index (χ2n) is 3.86. The molecule has 0 aromatic heterocycles. The third-order valence-corrected chi connectivity index (χ3v) is 2.08. The predicted molar refractivity (Wildman–Crippen MR) is 60.1 cm³/mol. The Morgan fingerprint density at radius 3 is 2.35 bits per heavy atom. The zero-order valence-electron chi connectivity index (χ0n) is 11.2. The zero-order chi connectivity index (χ0) is 12.6. The molecule has 1 aliphatic rings. The van der Waals surface area contributed by atoms with Gasteiger partial charge in [0.25, 0.3) is 0 Å². The number of carboxylic acids is 1. The van der Waals surface area contributed by atoms with Gasteiger partial charge in [0, 0.05) is 26.0 Å². The minimum Gasteiger partial charge on any atom is -0.547 e. The standard InChI is InChI=1S/C8H16N2.C3H6O3.Na/c1-3-4-5-10-7-6-9(2)8-10;1-2(4)3(5)6;/h6-7H,3-5,8H2,1-2H3;2,4H,1H3,(H,5,6);/q;;+1/p-1. The molecule has 5 nitrogen and oxygen atoms in total. The van der Waals surface area contributed by atoms with Crippen LogP contribution >= 0.6 is 0 Å². The van der Waals surface area contributed by atoms with Gasteiger partial charge in [0.05, 0.1) is 18.7 Å². The first-order valence-corrected chi connectivity index (χ1v) is 5.49. The number of carbonyl (C=O) groups excluding carboxylic acids is 1. The number of hydrogen-bond donors (Lipinski definition) is 1. The van der Waals surface area contributed by atoms with Crippen LogP contribution in [-0.4, -0.2) is 47.2 Å². The molecule has 1 aliphatic heterocycles. The average Bonchev–Trinajstić information content (AvgIpc) is 2.62. The van der Waals surface area contributed by atoms with Crippen molar-refractivity contribution < 1.29 is 44.6 Å². The summed E-state index contributed by atoms with van der Waals surface area (Å²) in [6.07, 6.45) is 5.53. The summed E-state index contributed by atoms with van der Waals surface area (Å²) in [6.45, 7) is 5.64. The van der Waals surface area contributed by atoms with Crippen LogP contribution < -0.4 is 34.7 Å². The number of carbonyl (C=O) groups is 1. The van der Waals surface area contributed by atoms with Crippen LogP contribution in [-0.2, 0) is 4.79 Å². The van der Waals surface area contributed by atoms with Crippen molar-refractivity contribution in [3.8, 4) is 0 Å². The van der Waals surface area contributed by atoms with E-state index in [1.807, 2.05) is 0 Å². The summed E-state index contributed by atoms with van der Waals surface area (Å²) in [5, 5.41) is 17.3. The topological polar surface area (TPSA) is 66.8 Å². The first-order chi connectivity index (χ1) is 7.47. The van der Waals surface area contributed by atoms with Gasteiger partial charge in [-0.1, -0.05) is 13.3 Å². The third kappa shape index (κ3) is 10.6. The number of unbranched alkanes of at least 4 members (excludes halogenated alkanes) is 1. The van der Waals surface area contributed by atoms with E-state index in [0.29, 0.717) is 0 Å². The van der Waals surface area contributed by atoms with Crippen LogP contribution in [0.25, 0.3) is 0 Å². The molecule has 1 heterocycles. The molecule has 1 atom stereocenters. The number of aliphatic hydroxyl groups is 1. The summed E-state index contributed by atoms with van der Waals surface area (Å²) in [5.74, 6) is -1.44. The van der Waals surface area contributed by atoms with Crippen molar-refractivity contribution in [2.45, 2.75) is 32.8 Å². The van der Waals surface area contributed by atoms with Gasteiger partial charge in [-0.25, -0.2) is 0 Å². The van der Waals surface area contributed by atoms with E-state index in [2.05, 4.69) is 36.2 Å². The summed E-state index contributed by atoms with van der Waals surface area (Å²) in [5.41, 5.74) is 0. The molecule has 0 spiro atoms. The maximum atomic E-state index is 9.34. The van der Waals surface area contributed by atoms with Crippen LogP contribution in [0.4, 0.5) is 0 Å². The van der Waals surface area contributed by atoms with Crippen molar-refractivity contribution in [1.29, 1.82) is 0 Å². The van der Waals surface area contributed by atoms with Gasteiger partial charge >= 0.3 is 29.6 Å². The molecule has 0 aromatic carbocycles. The molecule has 1 rings (SSSR count). The zero-order valence-corrected chi connectivity index (χ0v) is 13.2. The van der Waals surface area contributed by atoms with E-state index in [-0.39, 0.29) is 29.6 Å². The molecule has 0 bridgehead atoms. The Labute approximate surface area is 125 Å². The van der Waals surface area contributed by atoms with Crippen LogP contribution in [0, 0.1) is 0 Å². The van der Waals surface area contributed by atoms with Crippen LogP contribution in [0.15, 0.2) is 12.4 Å². The summed E-state index contributed by atoms with van der Waals surface area (Å²) in [6, 6.07) is 0. The SMILES string of the molecule is CC(O)C(=O)[O-].CCCCN1C=CN(C)C1.[Na+]. The number of hydrogen-bond acceptors (Lipinski definition) is 5. The Kier molecular flexibility index (Phi) is 12.3. The molecule has 94 valence electrons. The monoisotopic (exact) mass is 252 g/mol. The third-order valence-electron chi connectivity index (χ3n) is 2.08. The first-order valence-electron chi connectivity index (χ1n) is 5.49. The van der Waals surface area contributed by atoms with Crippen LogP contribution in [0.1, 0.15) is 26.7 Å². The van der Waals surface area contributed by atoms with E-state index >= 15 is 0 Å². The van der Waals surface area contributed by atoms with Crippen molar-refractivity contribution in [3.05, 3.63) is 12.4 Å². The molecular weight excluding hydrogens is 231 g/mol. The van der Waals surface area contributed by atoms with Gasteiger partial charge < -0.3 is 24.8 Å². The molecule has 1 N–H and O–H groups in total. The van der Waals surface area contributed by atoms with Crippen LogP contribution in [0.2, 0.25) is 0 Å². The molecule has 0 aliphatic carbocycles. The van der Waals surface area contributed by atoms with Gasteiger partial charge in [0.2, 0.25) is 0 Å². The van der Waals surface area contributed by atoms with Crippen LogP contribution in [0.3, 0.4) is 0 Å². The maximum absolute atomic E-state index is 9.34. The summed E-state index contributed by atoms with van der Waals surface area (Å²) in [7, 11) is 2.10. The fourth-order valence-corrected chi connectivity index (χ4v) is 1.10. The predicted octanol–water partition coefficient (Wildman–Crippen LogP) is -3.42. The molecular formula is C11H21N2NaO3. The van der Waals surface area contributed by atoms with Gasteiger partial charge in [-0.2, -0.15) is 0 Å². The second kappa shape index (κ2) is 10.9. The molecule has 0 amide bonds. The minimum absolute atomic E-state index is 0. The van der Waals surface area contributed by atoms with Crippen molar-refractivity contribution in [2.75, 3.05) is 20.3 Å². The van der Waals surface area contributed by atoms with Crippen LogP contribution in [0.5, 0.6) is 0 Å². The number of carboxylic acid groups (broad SMARTS) is 1. The Hall–Kier alpha value is -0.230. The molecule has 0 radical (unpaired) electrons. The molecule has 0 saturated carbocycles. The second-order valence-corrected chi connectivity index (χ2v) is 3.86. The van der Waals surface area contributed by atoms with Gasteiger partial charge in [-0.15, -0.1) is 0 Å². The van der Waals surface area contributed by atoms with Gasteiger partial charge in [0.15, 0.2) is 0 Å². The molecule has 6 heteroatoms. The molecule has 0 fully saturated rings. The van der Waals surface area contributed by atoms with E-state index in [1.165, 1.54) is 19.4 Å². The normalized spacial score (nSPS) is 14.8. The van der Waals surface area contributed by atoms with Crippen molar-refractivity contribution >= 4 is 5.97 Å². The number of nitrogens with zero attached hydrogens (tertiary/aromatic N) is 2. The first kappa shape index (κ1) is 19.1. The van der Waals surface area contributed by atoms with Crippen molar-refractivity contribution in [2.24, 2.45) is 0 Å². The summed E-state index contributed by atoms with van der Waals surface area (Å²) >= 11 is 0. The van der Waals surface area contributed by atoms with E-state index in [1.54, 1.807) is 0 Å². The van der Waals surface area contributed by atoms with E-state index in [0.717, 1.165) is 13.6 Å². The minimum atomic E-state index is -1.44. The van der Waals surface area contributed by atoms with Crippen molar-refractivity contribution in [3.63, 3.8) is 0 Å². The quantitative estimate of drug-likeness (QED) is 0.528. The summed E-state index contributed by atoms with van der Waals surface area (Å²) in [4.78, 5) is 13.9. The Bertz CT molecular complexity index is 235. The van der Waals surface area contributed by atoms with Gasteiger partial charge in [0.1, 0.15) is 0 Å². The van der Waals surface area contributed by atoms with Gasteiger partial charge in [-0.05, 0) is 13.3 Å². The Balaban J connectivity index is 0. The molecule has 17 heavy (non-hydrogen) atoms.